The van der Waals surface area contributed by atoms with Gasteiger partial charge in [0.15, 0.2) is 6.10 Å². The molecule has 6 heteroatoms. The summed E-state index contributed by atoms with van der Waals surface area (Å²) in [6, 6.07) is 14.1. The lowest BCUT2D eigenvalue weighted by molar-refractivity contribution is -0.130. The van der Waals surface area contributed by atoms with Gasteiger partial charge in [0.2, 0.25) is 0 Å². The van der Waals surface area contributed by atoms with Crippen LogP contribution in [0.3, 0.4) is 0 Å². The summed E-state index contributed by atoms with van der Waals surface area (Å²) in [7, 11) is 1.56. The zero-order chi connectivity index (χ0) is 17.8. The fraction of sp³-hybridized carbons (Fsp3) is 0.211. The number of ether oxygens (including phenoxy) is 1. The van der Waals surface area contributed by atoms with Gasteiger partial charge in [0.05, 0.1) is 5.56 Å². The SMILES string of the molecule is CNC(=O)c1cccc(CNC(=O)[C@H]2Cc3ccccc3C(=O)O2)c1. The van der Waals surface area contributed by atoms with Crippen molar-refractivity contribution in [2.75, 3.05) is 7.05 Å². The van der Waals surface area contributed by atoms with Crippen LogP contribution in [0.4, 0.5) is 0 Å². The summed E-state index contributed by atoms with van der Waals surface area (Å²) in [4.78, 5) is 36.0. The second kappa shape index (κ2) is 7.17. The summed E-state index contributed by atoms with van der Waals surface area (Å²) in [5.74, 6) is -1.03. The molecule has 1 atom stereocenters. The molecule has 0 aliphatic carbocycles. The van der Waals surface area contributed by atoms with Crippen molar-refractivity contribution in [3.8, 4) is 0 Å². The van der Waals surface area contributed by atoms with Gasteiger partial charge in [0.1, 0.15) is 0 Å². The molecular weight excluding hydrogens is 320 g/mol. The van der Waals surface area contributed by atoms with Crippen LogP contribution in [0.2, 0.25) is 0 Å². The minimum atomic E-state index is -0.843. The van der Waals surface area contributed by atoms with Gasteiger partial charge in [-0.25, -0.2) is 4.79 Å². The second-order valence-corrected chi connectivity index (χ2v) is 5.75. The van der Waals surface area contributed by atoms with E-state index in [0.717, 1.165) is 11.1 Å². The van der Waals surface area contributed by atoms with Gasteiger partial charge in [0, 0.05) is 25.6 Å². The third kappa shape index (κ3) is 3.68. The number of hydrogen-bond acceptors (Lipinski definition) is 4. The van der Waals surface area contributed by atoms with Crippen LogP contribution in [0.5, 0.6) is 0 Å². The Morgan fingerprint density at radius 1 is 1.16 bits per heavy atom. The Hall–Kier alpha value is -3.15. The van der Waals surface area contributed by atoms with Crippen LogP contribution in [-0.2, 0) is 22.5 Å². The Morgan fingerprint density at radius 3 is 2.76 bits per heavy atom. The van der Waals surface area contributed by atoms with E-state index in [9.17, 15) is 14.4 Å². The van der Waals surface area contributed by atoms with Crippen molar-refractivity contribution in [3.63, 3.8) is 0 Å². The normalized spacial score (nSPS) is 15.7. The standard InChI is InChI=1S/C19H18N2O4/c1-20-17(22)14-7-4-5-12(9-14)11-21-18(23)16-10-13-6-2-3-8-15(13)19(24)25-16/h2-9,16H,10-11H2,1H3,(H,20,22)(H,21,23)/t16-/m1/s1. The van der Waals surface area contributed by atoms with Crippen molar-refractivity contribution in [2.24, 2.45) is 0 Å². The highest BCUT2D eigenvalue weighted by Crippen LogP contribution is 2.20. The van der Waals surface area contributed by atoms with E-state index in [-0.39, 0.29) is 18.4 Å². The van der Waals surface area contributed by atoms with Crippen molar-refractivity contribution in [2.45, 2.75) is 19.1 Å². The van der Waals surface area contributed by atoms with E-state index in [1.807, 2.05) is 18.2 Å². The first-order valence-electron chi connectivity index (χ1n) is 7.96. The molecule has 0 unspecified atom stereocenters. The molecule has 3 rings (SSSR count). The average molecular weight is 338 g/mol. The van der Waals surface area contributed by atoms with E-state index in [1.165, 1.54) is 0 Å². The van der Waals surface area contributed by atoms with Gasteiger partial charge >= 0.3 is 5.97 Å². The molecule has 0 bridgehead atoms. The van der Waals surface area contributed by atoms with E-state index in [4.69, 9.17) is 4.74 Å². The van der Waals surface area contributed by atoms with Crippen LogP contribution in [-0.4, -0.2) is 30.9 Å². The lowest BCUT2D eigenvalue weighted by Gasteiger charge is -2.23. The highest BCUT2D eigenvalue weighted by atomic mass is 16.5. The van der Waals surface area contributed by atoms with Crippen molar-refractivity contribution in [3.05, 3.63) is 70.8 Å². The van der Waals surface area contributed by atoms with Crippen LogP contribution in [0.1, 0.15) is 31.8 Å². The number of fused-ring (bicyclic) bond motifs is 1. The number of rotatable bonds is 4. The van der Waals surface area contributed by atoms with Crippen LogP contribution >= 0.6 is 0 Å². The molecule has 2 aromatic carbocycles. The number of amides is 2. The third-order valence-corrected chi connectivity index (χ3v) is 4.07. The molecule has 0 radical (unpaired) electrons. The van der Waals surface area contributed by atoms with Gasteiger partial charge in [-0.2, -0.15) is 0 Å². The molecule has 0 spiro atoms. The van der Waals surface area contributed by atoms with E-state index < -0.39 is 12.1 Å². The molecule has 0 fully saturated rings. The third-order valence-electron chi connectivity index (χ3n) is 4.07. The second-order valence-electron chi connectivity index (χ2n) is 5.75. The molecule has 25 heavy (non-hydrogen) atoms. The maximum absolute atomic E-state index is 12.3. The van der Waals surface area contributed by atoms with Crippen LogP contribution in [0.25, 0.3) is 0 Å². The van der Waals surface area contributed by atoms with Crippen molar-refractivity contribution in [1.29, 1.82) is 0 Å². The monoisotopic (exact) mass is 338 g/mol. The van der Waals surface area contributed by atoms with Gasteiger partial charge in [0.25, 0.3) is 11.8 Å². The Bertz CT molecular complexity index is 832. The molecular formula is C19H18N2O4. The lowest BCUT2D eigenvalue weighted by Crippen LogP contribution is -2.41. The molecule has 6 nitrogen and oxygen atoms in total. The summed E-state index contributed by atoms with van der Waals surface area (Å²) < 4.78 is 5.23. The number of esters is 1. The van der Waals surface area contributed by atoms with Crippen molar-refractivity contribution < 1.29 is 19.1 Å². The van der Waals surface area contributed by atoms with Crippen molar-refractivity contribution >= 4 is 17.8 Å². The predicted octanol–water partition coefficient (Wildman–Crippen LogP) is 1.44. The fourth-order valence-corrected chi connectivity index (χ4v) is 2.75. The minimum Gasteiger partial charge on any atom is -0.448 e. The number of hydrogen-bond donors (Lipinski definition) is 2. The summed E-state index contributed by atoms with van der Waals surface area (Å²) in [6.07, 6.45) is -0.490. The summed E-state index contributed by atoms with van der Waals surface area (Å²) in [5, 5.41) is 5.31. The fourth-order valence-electron chi connectivity index (χ4n) is 2.75. The quantitative estimate of drug-likeness (QED) is 0.826. The molecule has 128 valence electrons. The van der Waals surface area contributed by atoms with Crippen LogP contribution in [0.15, 0.2) is 48.5 Å². The highest BCUT2D eigenvalue weighted by molar-refractivity contribution is 5.96. The van der Waals surface area contributed by atoms with Gasteiger partial charge in [-0.1, -0.05) is 30.3 Å². The number of cyclic esters (lactones) is 1. The van der Waals surface area contributed by atoms with Gasteiger partial charge in [-0.15, -0.1) is 0 Å². The lowest BCUT2D eigenvalue weighted by atomic mass is 9.98. The van der Waals surface area contributed by atoms with E-state index in [1.54, 1.807) is 37.4 Å². The molecule has 1 aliphatic rings. The minimum absolute atomic E-state index is 0.189. The Balaban J connectivity index is 1.64. The maximum Gasteiger partial charge on any atom is 0.339 e. The molecule has 0 saturated heterocycles. The van der Waals surface area contributed by atoms with Crippen LogP contribution in [0, 0.1) is 0 Å². The zero-order valence-electron chi connectivity index (χ0n) is 13.7. The average Bonchev–Trinajstić information content (AvgIpc) is 2.65. The Kier molecular flexibility index (Phi) is 4.79. The van der Waals surface area contributed by atoms with Gasteiger partial charge in [-0.3, -0.25) is 9.59 Å². The van der Waals surface area contributed by atoms with Crippen molar-refractivity contribution in [1.82, 2.24) is 10.6 Å². The topological polar surface area (TPSA) is 84.5 Å². The first-order valence-corrected chi connectivity index (χ1v) is 7.96. The van der Waals surface area contributed by atoms with E-state index >= 15 is 0 Å². The van der Waals surface area contributed by atoms with E-state index in [2.05, 4.69) is 10.6 Å². The number of nitrogens with one attached hydrogen (secondary N) is 2. The molecule has 2 aromatic rings. The first-order chi connectivity index (χ1) is 12.1. The number of benzene rings is 2. The molecule has 1 aliphatic heterocycles. The Labute approximate surface area is 145 Å². The maximum atomic E-state index is 12.3. The molecule has 0 aromatic heterocycles. The molecule has 1 heterocycles. The largest absolute Gasteiger partial charge is 0.448 e. The predicted molar refractivity (Wildman–Crippen MR) is 91.0 cm³/mol. The Morgan fingerprint density at radius 2 is 1.96 bits per heavy atom. The first kappa shape index (κ1) is 16.7. The zero-order valence-corrected chi connectivity index (χ0v) is 13.7. The summed E-state index contributed by atoms with van der Waals surface area (Å²) >= 11 is 0. The number of carbonyl (C=O) groups is 3. The van der Waals surface area contributed by atoms with Gasteiger partial charge in [-0.05, 0) is 29.3 Å². The highest BCUT2D eigenvalue weighted by Gasteiger charge is 2.30. The van der Waals surface area contributed by atoms with Crippen LogP contribution < -0.4 is 10.6 Å². The molecule has 2 N–H and O–H groups in total. The molecule has 0 saturated carbocycles. The summed E-state index contributed by atoms with van der Waals surface area (Å²) in [5.41, 5.74) is 2.62. The smallest absolute Gasteiger partial charge is 0.339 e. The summed E-state index contributed by atoms with van der Waals surface area (Å²) in [6.45, 7) is 0.249. The van der Waals surface area contributed by atoms with E-state index in [0.29, 0.717) is 17.5 Å². The van der Waals surface area contributed by atoms with Gasteiger partial charge < -0.3 is 15.4 Å². The number of carbonyl (C=O) groups excluding carboxylic acids is 3. The molecule has 2 amide bonds.